The summed E-state index contributed by atoms with van der Waals surface area (Å²) >= 11 is 0. The standard InChI is InChI=1S/C40H76N8O/c1-17-39(13,18-2)32-41-33(46-21-23-49-24-22-46)43-34(42-32)47(30-25-35(5,6)44(15)36(7,8)26-30)29-48(40(14,19-3)20-4)31-27-37(9,10)45(16)38(11,12)28-31/h30-31H,17-29H2,1-16H3. The number of hydrogen-bond acceptors (Lipinski definition) is 9. The van der Waals surface area contributed by atoms with E-state index >= 15 is 0 Å². The molecule has 0 bridgehead atoms. The summed E-state index contributed by atoms with van der Waals surface area (Å²) in [6.45, 7) is 37.5. The van der Waals surface area contributed by atoms with Crippen LogP contribution >= 0.6 is 0 Å². The highest BCUT2D eigenvalue weighted by Gasteiger charge is 2.50. The van der Waals surface area contributed by atoms with Crippen molar-refractivity contribution in [2.75, 3.05) is 56.9 Å². The van der Waals surface area contributed by atoms with Crippen molar-refractivity contribution in [1.82, 2.24) is 29.7 Å². The van der Waals surface area contributed by atoms with Crippen molar-refractivity contribution in [3.8, 4) is 0 Å². The number of nitrogens with zero attached hydrogens (tertiary/aromatic N) is 8. The summed E-state index contributed by atoms with van der Waals surface area (Å²) in [5.41, 5.74) is 0.128. The quantitative estimate of drug-likeness (QED) is 0.206. The highest BCUT2D eigenvalue weighted by molar-refractivity contribution is 5.42. The maximum absolute atomic E-state index is 5.77. The largest absolute Gasteiger partial charge is 0.378 e. The third-order valence-electron chi connectivity index (χ3n) is 14.2. The first kappa shape index (κ1) is 40.2. The van der Waals surface area contributed by atoms with Crippen LogP contribution in [0.4, 0.5) is 11.9 Å². The van der Waals surface area contributed by atoms with E-state index in [0.717, 1.165) is 88.8 Å². The molecule has 9 nitrogen and oxygen atoms in total. The van der Waals surface area contributed by atoms with Crippen molar-refractivity contribution >= 4 is 11.9 Å². The molecule has 0 N–H and O–H groups in total. The van der Waals surface area contributed by atoms with E-state index in [1.54, 1.807) is 0 Å². The van der Waals surface area contributed by atoms with Gasteiger partial charge in [0.2, 0.25) is 11.9 Å². The minimum atomic E-state index is -0.126. The average molecular weight is 685 g/mol. The Hall–Kier alpha value is -1.55. The first-order chi connectivity index (χ1) is 22.6. The van der Waals surface area contributed by atoms with Crippen LogP contribution < -0.4 is 9.80 Å². The minimum Gasteiger partial charge on any atom is -0.378 e. The molecule has 3 fully saturated rings. The molecule has 0 spiro atoms. The third-order valence-corrected chi connectivity index (χ3v) is 14.2. The van der Waals surface area contributed by atoms with E-state index < -0.39 is 0 Å². The molecule has 1 aromatic heterocycles. The van der Waals surface area contributed by atoms with Crippen molar-refractivity contribution in [1.29, 1.82) is 0 Å². The van der Waals surface area contributed by atoms with E-state index in [1.165, 1.54) is 0 Å². The van der Waals surface area contributed by atoms with Gasteiger partial charge in [0, 0.05) is 58.3 Å². The molecule has 0 aromatic carbocycles. The third kappa shape index (κ3) is 8.10. The van der Waals surface area contributed by atoms with Gasteiger partial charge in [0.25, 0.3) is 0 Å². The second kappa shape index (κ2) is 14.5. The summed E-state index contributed by atoms with van der Waals surface area (Å²) in [7, 11) is 4.64. The molecule has 0 aliphatic carbocycles. The lowest BCUT2D eigenvalue weighted by molar-refractivity contribution is -0.0771. The Morgan fingerprint density at radius 3 is 1.55 bits per heavy atom. The van der Waals surface area contributed by atoms with Crippen LogP contribution in [0.1, 0.15) is 154 Å². The van der Waals surface area contributed by atoms with Crippen LogP contribution in [0.25, 0.3) is 0 Å². The Labute approximate surface area is 301 Å². The second-order valence-electron chi connectivity index (χ2n) is 18.9. The van der Waals surface area contributed by atoms with Crippen LogP contribution in [-0.2, 0) is 10.2 Å². The second-order valence-corrected chi connectivity index (χ2v) is 18.9. The van der Waals surface area contributed by atoms with Gasteiger partial charge in [-0.1, -0.05) is 34.6 Å². The first-order valence-electron chi connectivity index (χ1n) is 19.7. The summed E-state index contributed by atoms with van der Waals surface area (Å²) in [4.78, 5) is 29.3. The van der Waals surface area contributed by atoms with E-state index in [0.29, 0.717) is 19.3 Å². The van der Waals surface area contributed by atoms with Crippen LogP contribution in [0.5, 0.6) is 0 Å². The zero-order valence-electron chi connectivity index (χ0n) is 34.8. The van der Waals surface area contributed by atoms with Crippen LogP contribution in [0.2, 0.25) is 0 Å². The van der Waals surface area contributed by atoms with Crippen molar-refractivity contribution in [2.24, 2.45) is 0 Å². The fourth-order valence-corrected chi connectivity index (χ4v) is 9.19. The van der Waals surface area contributed by atoms with E-state index in [2.05, 4.69) is 136 Å². The number of likely N-dealkylation sites (tertiary alicyclic amines) is 2. The molecule has 282 valence electrons. The molecule has 0 unspecified atom stereocenters. The SMILES string of the molecule is CCC(C)(CC)c1nc(N2CCOCC2)nc(N(CN(C2CC(C)(C)N(C)C(C)(C)C2)C(C)(CC)CC)C2CC(C)(C)N(C)C(C)(C)C2)n1. The predicted molar refractivity (Wildman–Crippen MR) is 207 cm³/mol. The summed E-state index contributed by atoms with van der Waals surface area (Å²) in [6.07, 6.45) is 8.52. The minimum absolute atomic E-state index is 0.0239. The lowest BCUT2D eigenvalue weighted by Gasteiger charge is -2.60. The number of hydrogen-bond donors (Lipinski definition) is 0. The first-order valence-corrected chi connectivity index (χ1v) is 19.7. The van der Waals surface area contributed by atoms with Gasteiger partial charge < -0.3 is 14.5 Å². The predicted octanol–water partition coefficient (Wildman–Crippen LogP) is 7.73. The molecule has 4 rings (SSSR count). The van der Waals surface area contributed by atoms with E-state index in [-0.39, 0.29) is 39.2 Å². The number of anilines is 2. The fraction of sp³-hybridized carbons (Fsp3) is 0.925. The molecule has 4 heterocycles. The summed E-state index contributed by atoms with van der Waals surface area (Å²) in [5.74, 6) is 2.60. The van der Waals surface area contributed by atoms with Gasteiger partial charge in [-0.25, -0.2) is 0 Å². The molecular formula is C40H76N8O. The highest BCUT2D eigenvalue weighted by Crippen LogP contribution is 2.44. The Kier molecular flexibility index (Phi) is 11.9. The molecule has 0 amide bonds. The van der Waals surface area contributed by atoms with Gasteiger partial charge in [0.1, 0.15) is 5.82 Å². The highest BCUT2D eigenvalue weighted by atomic mass is 16.5. The summed E-state index contributed by atoms with van der Waals surface area (Å²) in [5, 5.41) is 0. The van der Waals surface area contributed by atoms with Gasteiger partial charge in [-0.15, -0.1) is 0 Å². The zero-order valence-corrected chi connectivity index (χ0v) is 34.8. The molecule has 49 heavy (non-hydrogen) atoms. The Bertz CT molecular complexity index is 1210. The van der Waals surface area contributed by atoms with Gasteiger partial charge in [0.05, 0.1) is 19.9 Å². The topological polar surface area (TPSA) is 64.1 Å². The van der Waals surface area contributed by atoms with Crippen LogP contribution in [0.15, 0.2) is 0 Å². The Balaban J connectivity index is 1.95. The molecule has 0 saturated carbocycles. The van der Waals surface area contributed by atoms with Crippen LogP contribution in [0, 0.1) is 0 Å². The van der Waals surface area contributed by atoms with Gasteiger partial charge >= 0.3 is 0 Å². The molecule has 3 aliphatic rings. The molecule has 0 atom stereocenters. The van der Waals surface area contributed by atoms with Crippen molar-refractivity contribution < 1.29 is 4.74 Å². The number of rotatable bonds is 12. The van der Waals surface area contributed by atoms with Crippen molar-refractivity contribution in [3.63, 3.8) is 0 Å². The van der Waals surface area contributed by atoms with Crippen LogP contribution in [0.3, 0.4) is 0 Å². The van der Waals surface area contributed by atoms with Crippen LogP contribution in [-0.4, -0.2) is 116 Å². The fourth-order valence-electron chi connectivity index (χ4n) is 9.19. The van der Waals surface area contributed by atoms with E-state index in [4.69, 9.17) is 19.7 Å². The van der Waals surface area contributed by atoms with Crippen molar-refractivity contribution in [2.45, 2.75) is 193 Å². The van der Waals surface area contributed by atoms with E-state index in [1.807, 2.05) is 0 Å². The van der Waals surface area contributed by atoms with Gasteiger partial charge in [-0.3, -0.25) is 14.7 Å². The van der Waals surface area contributed by atoms with Gasteiger partial charge in [-0.2, -0.15) is 15.0 Å². The average Bonchev–Trinajstić information content (AvgIpc) is 3.05. The normalized spacial score (nSPS) is 24.1. The number of piperidine rings is 2. The van der Waals surface area contributed by atoms with Gasteiger partial charge in [-0.05, 0) is 128 Å². The number of aromatic nitrogens is 3. The number of ether oxygens (including phenoxy) is 1. The lowest BCUT2D eigenvalue weighted by Crippen LogP contribution is -2.68. The van der Waals surface area contributed by atoms with Crippen molar-refractivity contribution in [3.05, 3.63) is 5.82 Å². The Morgan fingerprint density at radius 2 is 1.12 bits per heavy atom. The van der Waals surface area contributed by atoms with E-state index in [9.17, 15) is 0 Å². The zero-order chi connectivity index (χ0) is 36.8. The maximum Gasteiger partial charge on any atom is 0.231 e. The maximum atomic E-state index is 5.77. The monoisotopic (exact) mass is 685 g/mol. The summed E-state index contributed by atoms with van der Waals surface area (Å²) < 4.78 is 5.77. The molecule has 3 aliphatic heterocycles. The van der Waals surface area contributed by atoms with Gasteiger partial charge in [0.15, 0.2) is 0 Å². The molecule has 1 aromatic rings. The lowest BCUT2D eigenvalue weighted by atomic mass is 9.75. The molecule has 9 heteroatoms. The smallest absolute Gasteiger partial charge is 0.231 e. The Morgan fingerprint density at radius 1 is 0.673 bits per heavy atom. The molecular weight excluding hydrogens is 608 g/mol. The summed E-state index contributed by atoms with van der Waals surface area (Å²) in [6, 6.07) is 0.703. The molecule has 0 radical (unpaired) electrons. The molecule has 3 saturated heterocycles. The number of morpholine rings is 1.